The largest absolute Gasteiger partial charge is 0.363 e. The van der Waals surface area contributed by atoms with Gasteiger partial charge < -0.3 is 5.32 Å². The second-order valence-corrected chi connectivity index (χ2v) is 3.72. The van der Waals surface area contributed by atoms with Crippen LogP contribution < -0.4 is 5.32 Å². The summed E-state index contributed by atoms with van der Waals surface area (Å²) in [6.07, 6.45) is 0.866. The Kier molecular flexibility index (Phi) is 3.65. The van der Waals surface area contributed by atoms with Crippen molar-refractivity contribution < 1.29 is 13.7 Å². The number of nitrogens with zero attached hydrogens (tertiary/aromatic N) is 2. The van der Waals surface area contributed by atoms with Gasteiger partial charge in [0.1, 0.15) is 5.82 Å². The van der Waals surface area contributed by atoms with E-state index in [4.69, 9.17) is 0 Å². The van der Waals surface area contributed by atoms with Crippen molar-refractivity contribution in [3.05, 3.63) is 63.8 Å². The van der Waals surface area contributed by atoms with Crippen molar-refractivity contribution in [2.45, 2.75) is 6.54 Å². The highest BCUT2D eigenvalue weighted by Crippen LogP contribution is 2.19. The van der Waals surface area contributed by atoms with E-state index in [1.165, 1.54) is 6.07 Å². The van der Waals surface area contributed by atoms with Gasteiger partial charge >= 0.3 is 0 Å². The number of halogens is 2. The molecular weight excluding hydrogens is 256 g/mol. The summed E-state index contributed by atoms with van der Waals surface area (Å²) in [6, 6.07) is 6.77. The minimum Gasteiger partial charge on any atom is -0.363 e. The van der Waals surface area contributed by atoms with Crippen LogP contribution >= 0.6 is 0 Å². The van der Waals surface area contributed by atoms with Crippen molar-refractivity contribution in [2.24, 2.45) is 0 Å². The predicted molar refractivity (Wildman–Crippen MR) is 64.6 cm³/mol. The Labute approximate surface area is 107 Å². The number of aromatic nitrogens is 1. The van der Waals surface area contributed by atoms with Gasteiger partial charge in [-0.15, -0.1) is 0 Å². The number of hydrogen-bond donors (Lipinski definition) is 1. The van der Waals surface area contributed by atoms with Gasteiger partial charge in [0.25, 0.3) is 5.69 Å². The summed E-state index contributed by atoms with van der Waals surface area (Å²) in [5.74, 6) is -1.79. The Morgan fingerprint density at radius 1 is 1.32 bits per heavy atom. The molecule has 1 heterocycles. The summed E-state index contributed by atoms with van der Waals surface area (Å²) >= 11 is 0. The summed E-state index contributed by atoms with van der Waals surface area (Å²) < 4.78 is 26.0. The van der Waals surface area contributed by atoms with Crippen LogP contribution in [0.4, 0.5) is 20.3 Å². The molecule has 1 aromatic heterocycles. The third-order valence-corrected chi connectivity index (χ3v) is 2.44. The molecule has 0 amide bonds. The van der Waals surface area contributed by atoms with Crippen LogP contribution in [-0.2, 0) is 6.54 Å². The van der Waals surface area contributed by atoms with Crippen LogP contribution in [0.15, 0.2) is 36.5 Å². The fourth-order valence-corrected chi connectivity index (χ4v) is 1.56. The lowest BCUT2D eigenvalue weighted by molar-refractivity contribution is -0.385. The van der Waals surface area contributed by atoms with Gasteiger partial charge in [0.15, 0.2) is 11.6 Å². The Bertz CT molecular complexity index is 620. The van der Waals surface area contributed by atoms with Crippen LogP contribution in [0.1, 0.15) is 5.56 Å². The van der Waals surface area contributed by atoms with Gasteiger partial charge in [-0.25, -0.2) is 13.8 Å². The number of nitro groups is 1. The van der Waals surface area contributed by atoms with E-state index >= 15 is 0 Å². The molecule has 1 aromatic carbocycles. The molecule has 0 spiro atoms. The summed E-state index contributed by atoms with van der Waals surface area (Å²) in [5, 5.41) is 13.4. The number of para-hydroxylation sites is 1. The zero-order valence-electron chi connectivity index (χ0n) is 9.64. The van der Waals surface area contributed by atoms with Crippen LogP contribution in [0.3, 0.4) is 0 Å². The van der Waals surface area contributed by atoms with E-state index in [1.807, 2.05) is 0 Å². The maximum absolute atomic E-state index is 13.3. The van der Waals surface area contributed by atoms with Crippen molar-refractivity contribution in [1.29, 1.82) is 0 Å². The lowest BCUT2D eigenvalue weighted by Gasteiger charge is -2.07. The SMILES string of the molecule is O=[N+]([O-])c1ccccc1CNc1ncc(F)cc1F. The second-order valence-electron chi connectivity index (χ2n) is 3.72. The number of hydrogen-bond acceptors (Lipinski definition) is 4. The fraction of sp³-hybridized carbons (Fsp3) is 0.0833. The zero-order chi connectivity index (χ0) is 13.8. The highest BCUT2D eigenvalue weighted by Gasteiger charge is 2.13. The monoisotopic (exact) mass is 265 g/mol. The summed E-state index contributed by atoms with van der Waals surface area (Å²) in [4.78, 5) is 13.8. The van der Waals surface area contributed by atoms with Gasteiger partial charge in [0, 0.05) is 24.2 Å². The summed E-state index contributed by atoms with van der Waals surface area (Å²) in [5.41, 5.74) is 0.315. The number of nitro benzene ring substituents is 1. The van der Waals surface area contributed by atoms with E-state index in [9.17, 15) is 18.9 Å². The van der Waals surface area contributed by atoms with E-state index < -0.39 is 16.6 Å². The van der Waals surface area contributed by atoms with E-state index in [-0.39, 0.29) is 18.1 Å². The molecule has 0 unspecified atom stereocenters. The lowest BCUT2D eigenvalue weighted by Crippen LogP contribution is -2.06. The smallest absolute Gasteiger partial charge is 0.274 e. The molecule has 0 radical (unpaired) electrons. The van der Waals surface area contributed by atoms with Crippen molar-refractivity contribution in [3.8, 4) is 0 Å². The van der Waals surface area contributed by atoms with Crippen LogP contribution in [0, 0.1) is 21.7 Å². The molecule has 0 saturated heterocycles. The Morgan fingerprint density at radius 3 is 2.74 bits per heavy atom. The van der Waals surface area contributed by atoms with Crippen LogP contribution in [-0.4, -0.2) is 9.91 Å². The lowest BCUT2D eigenvalue weighted by atomic mass is 10.2. The average Bonchev–Trinajstić information content (AvgIpc) is 2.38. The van der Waals surface area contributed by atoms with Crippen LogP contribution in [0.25, 0.3) is 0 Å². The van der Waals surface area contributed by atoms with Gasteiger partial charge in [0.2, 0.25) is 0 Å². The van der Waals surface area contributed by atoms with E-state index in [0.717, 1.165) is 6.20 Å². The molecule has 2 aromatic rings. The summed E-state index contributed by atoms with van der Waals surface area (Å²) in [7, 11) is 0. The predicted octanol–water partition coefficient (Wildman–Crippen LogP) is 2.88. The Balaban J connectivity index is 2.17. The first-order valence-electron chi connectivity index (χ1n) is 5.35. The molecule has 0 atom stereocenters. The van der Waals surface area contributed by atoms with Gasteiger partial charge in [-0.3, -0.25) is 10.1 Å². The maximum atomic E-state index is 13.3. The van der Waals surface area contributed by atoms with E-state index in [2.05, 4.69) is 10.3 Å². The summed E-state index contributed by atoms with van der Waals surface area (Å²) in [6.45, 7) is 0.0205. The highest BCUT2D eigenvalue weighted by atomic mass is 19.1. The zero-order valence-corrected chi connectivity index (χ0v) is 9.64. The van der Waals surface area contributed by atoms with Gasteiger partial charge in [0.05, 0.1) is 11.1 Å². The molecule has 19 heavy (non-hydrogen) atoms. The number of pyridine rings is 1. The number of nitrogens with one attached hydrogen (secondary N) is 1. The topological polar surface area (TPSA) is 68.1 Å². The molecule has 1 N–H and O–H groups in total. The van der Waals surface area contributed by atoms with Crippen molar-refractivity contribution >= 4 is 11.5 Å². The molecular formula is C12H9F2N3O2. The van der Waals surface area contributed by atoms with Gasteiger partial charge in [-0.2, -0.15) is 0 Å². The first-order chi connectivity index (χ1) is 9.08. The normalized spacial score (nSPS) is 10.2. The highest BCUT2D eigenvalue weighted by molar-refractivity contribution is 5.44. The minimum atomic E-state index is -0.849. The number of benzene rings is 1. The van der Waals surface area contributed by atoms with E-state index in [0.29, 0.717) is 11.6 Å². The van der Waals surface area contributed by atoms with Crippen LogP contribution in [0.2, 0.25) is 0 Å². The van der Waals surface area contributed by atoms with Crippen molar-refractivity contribution in [3.63, 3.8) is 0 Å². The van der Waals surface area contributed by atoms with Gasteiger partial charge in [-0.1, -0.05) is 18.2 Å². The fourth-order valence-electron chi connectivity index (χ4n) is 1.56. The molecule has 7 heteroatoms. The molecule has 98 valence electrons. The second kappa shape index (κ2) is 5.38. The quantitative estimate of drug-likeness (QED) is 0.681. The van der Waals surface area contributed by atoms with E-state index in [1.54, 1.807) is 18.2 Å². The molecule has 0 fully saturated rings. The molecule has 0 aliphatic carbocycles. The third-order valence-electron chi connectivity index (χ3n) is 2.44. The standard InChI is InChI=1S/C12H9F2N3O2/c13-9-5-10(14)12(16-7-9)15-6-8-3-1-2-4-11(8)17(18)19/h1-5,7H,6H2,(H,15,16). The molecule has 0 bridgehead atoms. The minimum absolute atomic E-state index is 0.0205. The molecule has 0 aliphatic heterocycles. The first-order valence-corrected chi connectivity index (χ1v) is 5.35. The molecule has 0 aliphatic rings. The average molecular weight is 265 g/mol. The number of rotatable bonds is 4. The Morgan fingerprint density at radius 2 is 2.05 bits per heavy atom. The van der Waals surface area contributed by atoms with Gasteiger partial charge in [-0.05, 0) is 0 Å². The van der Waals surface area contributed by atoms with Crippen molar-refractivity contribution in [1.82, 2.24) is 4.98 Å². The first kappa shape index (κ1) is 12.9. The number of anilines is 1. The maximum Gasteiger partial charge on any atom is 0.274 e. The third kappa shape index (κ3) is 3.01. The Hall–Kier alpha value is -2.57. The van der Waals surface area contributed by atoms with Crippen molar-refractivity contribution in [2.75, 3.05) is 5.32 Å². The molecule has 2 rings (SSSR count). The molecule has 0 saturated carbocycles. The van der Waals surface area contributed by atoms with Crippen LogP contribution in [0.5, 0.6) is 0 Å². The molecule has 5 nitrogen and oxygen atoms in total.